The van der Waals surface area contributed by atoms with Gasteiger partial charge >= 0.3 is 0 Å². The highest BCUT2D eigenvalue weighted by molar-refractivity contribution is 7.07. The van der Waals surface area contributed by atoms with Crippen molar-refractivity contribution in [1.82, 2.24) is 9.80 Å². The molecule has 0 radical (unpaired) electrons. The molecule has 2 amide bonds. The highest BCUT2D eigenvalue weighted by atomic mass is 32.1. The number of hydrogen-bond donors (Lipinski definition) is 0. The fourth-order valence-electron chi connectivity index (χ4n) is 2.56. The van der Waals surface area contributed by atoms with Gasteiger partial charge in [-0.05, 0) is 40.9 Å². The van der Waals surface area contributed by atoms with Crippen molar-refractivity contribution in [2.45, 2.75) is 12.8 Å². The highest BCUT2D eigenvalue weighted by Crippen LogP contribution is 2.12. The van der Waals surface area contributed by atoms with E-state index in [0.717, 1.165) is 6.42 Å². The van der Waals surface area contributed by atoms with E-state index >= 15 is 0 Å². The third-order valence-electron chi connectivity index (χ3n) is 3.86. The summed E-state index contributed by atoms with van der Waals surface area (Å²) >= 11 is 1.65. The number of nitrogens with zero attached hydrogens (tertiary/aromatic N) is 2. The number of thiophene rings is 1. The quantitative estimate of drug-likeness (QED) is 0.869. The Morgan fingerprint density at radius 1 is 1.14 bits per heavy atom. The van der Waals surface area contributed by atoms with Gasteiger partial charge in [0.15, 0.2) is 5.76 Å². The van der Waals surface area contributed by atoms with Crippen LogP contribution in [0.3, 0.4) is 0 Å². The second-order valence-electron chi connectivity index (χ2n) is 5.28. The average molecular weight is 318 g/mol. The molecule has 3 heterocycles. The van der Waals surface area contributed by atoms with Crippen LogP contribution in [0.15, 0.2) is 39.6 Å². The number of aryl methyl sites for hydroxylation is 1. The van der Waals surface area contributed by atoms with Gasteiger partial charge in [0.2, 0.25) is 5.91 Å². The van der Waals surface area contributed by atoms with Crippen LogP contribution in [0.4, 0.5) is 0 Å². The fourth-order valence-corrected chi connectivity index (χ4v) is 3.26. The Labute approximate surface area is 133 Å². The number of piperazine rings is 1. The third-order valence-corrected chi connectivity index (χ3v) is 4.59. The van der Waals surface area contributed by atoms with Gasteiger partial charge < -0.3 is 14.2 Å². The molecule has 2 aromatic rings. The van der Waals surface area contributed by atoms with Crippen LogP contribution in [-0.4, -0.2) is 47.8 Å². The zero-order valence-corrected chi connectivity index (χ0v) is 13.1. The summed E-state index contributed by atoms with van der Waals surface area (Å²) in [6.07, 6.45) is 2.81. The molecule has 0 aromatic carbocycles. The Bertz CT molecular complexity index is 614. The molecule has 3 rings (SSSR count). The summed E-state index contributed by atoms with van der Waals surface area (Å²) in [5.74, 6) is 0.420. The topological polar surface area (TPSA) is 53.8 Å². The summed E-state index contributed by atoms with van der Waals surface area (Å²) < 4.78 is 5.13. The van der Waals surface area contributed by atoms with Gasteiger partial charge in [-0.3, -0.25) is 9.59 Å². The van der Waals surface area contributed by atoms with Gasteiger partial charge in [0.05, 0.1) is 6.26 Å². The van der Waals surface area contributed by atoms with Crippen molar-refractivity contribution in [3.8, 4) is 0 Å². The number of rotatable bonds is 4. The first-order valence-electron chi connectivity index (χ1n) is 7.35. The Morgan fingerprint density at radius 2 is 1.91 bits per heavy atom. The van der Waals surface area contributed by atoms with E-state index < -0.39 is 0 Å². The number of carbonyl (C=O) groups excluding carboxylic acids is 2. The van der Waals surface area contributed by atoms with Crippen molar-refractivity contribution in [2.24, 2.45) is 0 Å². The minimum Gasteiger partial charge on any atom is -0.459 e. The molecule has 1 aliphatic rings. The molecule has 0 atom stereocenters. The second kappa shape index (κ2) is 6.79. The monoisotopic (exact) mass is 318 g/mol. The summed E-state index contributed by atoms with van der Waals surface area (Å²) in [7, 11) is 0. The van der Waals surface area contributed by atoms with Crippen molar-refractivity contribution >= 4 is 23.2 Å². The summed E-state index contributed by atoms with van der Waals surface area (Å²) in [6, 6.07) is 5.43. The van der Waals surface area contributed by atoms with Gasteiger partial charge in [0.1, 0.15) is 0 Å². The second-order valence-corrected chi connectivity index (χ2v) is 6.06. The van der Waals surface area contributed by atoms with Crippen LogP contribution in [0, 0.1) is 0 Å². The van der Waals surface area contributed by atoms with Gasteiger partial charge in [-0.1, -0.05) is 0 Å². The van der Waals surface area contributed by atoms with Crippen molar-refractivity contribution < 1.29 is 14.0 Å². The number of hydrogen-bond acceptors (Lipinski definition) is 4. The average Bonchev–Trinajstić information content (AvgIpc) is 3.25. The molecule has 0 unspecified atom stereocenters. The maximum atomic E-state index is 12.2. The lowest BCUT2D eigenvalue weighted by atomic mass is 10.1. The lowest BCUT2D eigenvalue weighted by molar-refractivity contribution is -0.132. The SMILES string of the molecule is O=C(CCc1ccsc1)N1CCN(C(=O)c2ccco2)CC1. The van der Waals surface area contributed by atoms with E-state index in [-0.39, 0.29) is 11.8 Å². The fraction of sp³-hybridized carbons (Fsp3) is 0.375. The summed E-state index contributed by atoms with van der Waals surface area (Å²) in [5.41, 5.74) is 1.21. The van der Waals surface area contributed by atoms with E-state index in [9.17, 15) is 9.59 Å². The molecular weight excluding hydrogens is 300 g/mol. The molecule has 1 fully saturated rings. The Hall–Kier alpha value is -2.08. The predicted molar refractivity (Wildman–Crippen MR) is 83.8 cm³/mol. The summed E-state index contributed by atoms with van der Waals surface area (Å²) in [5, 5.41) is 4.10. The van der Waals surface area contributed by atoms with Gasteiger partial charge in [-0.15, -0.1) is 0 Å². The van der Waals surface area contributed by atoms with E-state index in [1.165, 1.54) is 11.8 Å². The zero-order valence-electron chi connectivity index (χ0n) is 12.2. The van der Waals surface area contributed by atoms with Crippen molar-refractivity contribution in [1.29, 1.82) is 0 Å². The lowest BCUT2D eigenvalue weighted by Gasteiger charge is -2.34. The van der Waals surface area contributed by atoms with E-state index in [4.69, 9.17) is 4.42 Å². The highest BCUT2D eigenvalue weighted by Gasteiger charge is 2.25. The van der Waals surface area contributed by atoms with Crippen LogP contribution in [0.2, 0.25) is 0 Å². The van der Waals surface area contributed by atoms with Crippen LogP contribution in [0.1, 0.15) is 22.5 Å². The summed E-state index contributed by atoms with van der Waals surface area (Å²) in [4.78, 5) is 27.9. The minimum absolute atomic E-state index is 0.102. The van der Waals surface area contributed by atoms with Crippen molar-refractivity contribution in [2.75, 3.05) is 26.2 Å². The number of carbonyl (C=O) groups is 2. The molecule has 2 aromatic heterocycles. The molecule has 0 spiro atoms. The van der Waals surface area contributed by atoms with Gasteiger partial charge in [0, 0.05) is 32.6 Å². The van der Waals surface area contributed by atoms with E-state index in [1.807, 2.05) is 10.3 Å². The van der Waals surface area contributed by atoms with E-state index in [1.54, 1.807) is 28.4 Å². The first-order valence-corrected chi connectivity index (χ1v) is 8.30. The first kappa shape index (κ1) is 14.8. The molecule has 0 bridgehead atoms. The van der Waals surface area contributed by atoms with Crippen molar-refractivity contribution in [3.63, 3.8) is 0 Å². The molecule has 22 heavy (non-hydrogen) atoms. The molecule has 6 heteroatoms. The van der Waals surface area contributed by atoms with E-state index in [2.05, 4.69) is 11.4 Å². The summed E-state index contributed by atoms with van der Waals surface area (Å²) in [6.45, 7) is 2.30. The molecule has 1 saturated heterocycles. The largest absolute Gasteiger partial charge is 0.459 e. The lowest BCUT2D eigenvalue weighted by Crippen LogP contribution is -2.50. The van der Waals surface area contributed by atoms with Crippen LogP contribution >= 0.6 is 11.3 Å². The van der Waals surface area contributed by atoms with Gasteiger partial charge in [0.25, 0.3) is 5.91 Å². The van der Waals surface area contributed by atoms with Gasteiger partial charge in [-0.25, -0.2) is 0 Å². The minimum atomic E-state index is -0.102. The first-order chi connectivity index (χ1) is 10.7. The predicted octanol–water partition coefficient (Wildman–Crippen LogP) is 2.26. The molecule has 0 saturated carbocycles. The molecule has 5 nitrogen and oxygen atoms in total. The molecule has 0 N–H and O–H groups in total. The maximum Gasteiger partial charge on any atom is 0.289 e. The molecule has 0 aliphatic carbocycles. The van der Waals surface area contributed by atoms with Crippen LogP contribution in [0.25, 0.3) is 0 Å². The van der Waals surface area contributed by atoms with Gasteiger partial charge in [-0.2, -0.15) is 11.3 Å². The normalized spacial score (nSPS) is 15.1. The van der Waals surface area contributed by atoms with E-state index in [0.29, 0.717) is 38.4 Å². The maximum absolute atomic E-state index is 12.2. The van der Waals surface area contributed by atoms with Crippen LogP contribution in [-0.2, 0) is 11.2 Å². The zero-order chi connectivity index (χ0) is 15.4. The Kier molecular flexibility index (Phi) is 4.58. The Morgan fingerprint density at radius 3 is 2.55 bits per heavy atom. The molecule has 116 valence electrons. The van der Waals surface area contributed by atoms with Crippen molar-refractivity contribution in [3.05, 3.63) is 46.5 Å². The smallest absolute Gasteiger partial charge is 0.289 e. The third kappa shape index (κ3) is 3.39. The number of furan rings is 1. The van der Waals surface area contributed by atoms with Crippen LogP contribution in [0.5, 0.6) is 0 Å². The molecular formula is C16H18N2O3S. The molecule has 1 aliphatic heterocycles. The van der Waals surface area contributed by atoms with Crippen LogP contribution < -0.4 is 0 Å². The number of amides is 2. The standard InChI is InChI=1S/C16H18N2O3S/c19-15(4-3-13-5-11-22-12-13)17-6-8-18(9-7-17)16(20)14-2-1-10-21-14/h1-2,5,10-12H,3-4,6-9H2. The Balaban J connectivity index is 1.47.